The van der Waals surface area contributed by atoms with Crippen LogP contribution in [0.4, 0.5) is 5.69 Å². The summed E-state index contributed by atoms with van der Waals surface area (Å²) < 4.78 is 0. The van der Waals surface area contributed by atoms with Gasteiger partial charge in [0.05, 0.1) is 5.71 Å². The zero-order chi connectivity index (χ0) is 20.5. The first-order chi connectivity index (χ1) is 14.1. The van der Waals surface area contributed by atoms with Crippen molar-refractivity contribution in [1.29, 1.82) is 0 Å². The van der Waals surface area contributed by atoms with Crippen molar-refractivity contribution in [2.24, 2.45) is 5.10 Å². The maximum atomic E-state index is 12.5. The normalized spacial score (nSPS) is 11.3. The van der Waals surface area contributed by atoms with Crippen molar-refractivity contribution < 1.29 is 9.59 Å². The molecular weight excluding hydrogens is 362 g/mol. The van der Waals surface area contributed by atoms with Crippen molar-refractivity contribution in [3.8, 4) is 0 Å². The van der Waals surface area contributed by atoms with E-state index in [0.29, 0.717) is 17.0 Å². The van der Waals surface area contributed by atoms with E-state index < -0.39 is 0 Å². The highest BCUT2D eigenvalue weighted by Crippen LogP contribution is 2.10. The van der Waals surface area contributed by atoms with Crippen LogP contribution in [0.25, 0.3) is 6.08 Å². The van der Waals surface area contributed by atoms with Gasteiger partial charge in [-0.2, -0.15) is 5.10 Å². The molecule has 2 N–H and O–H groups in total. The fraction of sp³-hybridized carbons (Fsp3) is 0.0417. The summed E-state index contributed by atoms with van der Waals surface area (Å²) in [6, 6.07) is 26.1. The van der Waals surface area contributed by atoms with Crippen LogP contribution in [0.1, 0.15) is 28.4 Å². The van der Waals surface area contributed by atoms with Crippen LogP contribution >= 0.6 is 0 Å². The average Bonchev–Trinajstić information content (AvgIpc) is 2.75. The fourth-order valence-electron chi connectivity index (χ4n) is 2.63. The molecule has 0 spiro atoms. The molecule has 2 amide bonds. The molecule has 29 heavy (non-hydrogen) atoms. The highest BCUT2D eigenvalue weighted by molar-refractivity contribution is 6.11. The van der Waals surface area contributed by atoms with Gasteiger partial charge in [-0.15, -0.1) is 0 Å². The van der Waals surface area contributed by atoms with Gasteiger partial charge in [0.25, 0.3) is 5.91 Å². The number of hydrogen-bond donors (Lipinski definition) is 2. The molecule has 0 saturated carbocycles. The molecule has 0 saturated heterocycles. The van der Waals surface area contributed by atoms with E-state index >= 15 is 0 Å². The number of hydrogen-bond acceptors (Lipinski definition) is 3. The first kappa shape index (κ1) is 19.8. The van der Waals surface area contributed by atoms with Gasteiger partial charge in [-0.3, -0.25) is 9.59 Å². The summed E-state index contributed by atoms with van der Waals surface area (Å²) >= 11 is 0. The summed E-state index contributed by atoms with van der Waals surface area (Å²) in [7, 11) is 0. The zero-order valence-corrected chi connectivity index (χ0v) is 16.0. The Labute approximate surface area is 169 Å². The standard InChI is InChI=1S/C24H21N3O2/c1-18(28)25-22-15-13-21(14-16-22)24(29)27-26-23(20-10-6-3-7-11-20)17-12-19-8-4-2-5-9-19/h2-17H,1H3,(H,25,28)(H,27,29)/b17-12-,26-23+. The zero-order valence-electron chi connectivity index (χ0n) is 16.0. The molecule has 0 radical (unpaired) electrons. The number of carbonyl (C=O) groups is 2. The Morgan fingerprint density at radius 1 is 0.793 bits per heavy atom. The van der Waals surface area contributed by atoms with Gasteiger partial charge in [0.2, 0.25) is 5.91 Å². The Kier molecular flexibility index (Phi) is 6.68. The average molecular weight is 383 g/mol. The Balaban J connectivity index is 1.78. The lowest BCUT2D eigenvalue weighted by molar-refractivity contribution is -0.114. The number of nitrogens with one attached hydrogen (secondary N) is 2. The van der Waals surface area contributed by atoms with E-state index in [9.17, 15) is 9.59 Å². The monoisotopic (exact) mass is 383 g/mol. The van der Waals surface area contributed by atoms with Crippen LogP contribution in [0, 0.1) is 0 Å². The van der Waals surface area contributed by atoms with Gasteiger partial charge in [0.1, 0.15) is 0 Å². The summed E-state index contributed by atoms with van der Waals surface area (Å²) in [4.78, 5) is 23.6. The van der Waals surface area contributed by atoms with E-state index in [1.165, 1.54) is 6.92 Å². The maximum Gasteiger partial charge on any atom is 0.271 e. The second kappa shape index (κ2) is 9.80. The molecule has 0 unspecified atom stereocenters. The van der Waals surface area contributed by atoms with Gasteiger partial charge in [-0.25, -0.2) is 5.43 Å². The Morgan fingerprint density at radius 2 is 1.41 bits per heavy atom. The van der Waals surface area contributed by atoms with E-state index in [0.717, 1.165) is 11.1 Å². The molecule has 3 rings (SSSR count). The van der Waals surface area contributed by atoms with Crippen molar-refractivity contribution in [3.05, 3.63) is 108 Å². The molecule has 144 valence electrons. The third-order valence-corrected chi connectivity index (χ3v) is 4.05. The van der Waals surface area contributed by atoms with E-state index in [-0.39, 0.29) is 11.8 Å². The molecule has 0 aromatic heterocycles. The van der Waals surface area contributed by atoms with E-state index in [4.69, 9.17) is 0 Å². The summed E-state index contributed by atoms with van der Waals surface area (Å²) in [5.74, 6) is -0.495. The van der Waals surface area contributed by atoms with Crippen LogP contribution < -0.4 is 10.7 Å². The molecule has 0 aliphatic heterocycles. The predicted octanol–water partition coefficient (Wildman–Crippen LogP) is 4.49. The molecule has 0 fully saturated rings. The van der Waals surface area contributed by atoms with Gasteiger partial charge in [0, 0.05) is 23.7 Å². The van der Waals surface area contributed by atoms with E-state index in [1.54, 1.807) is 24.3 Å². The van der Waals surface area contributed by atoms with Crippen molar-refractivity contribution in [3.63, 3.8) is 0 Å². The van der Waals surface area contributed by atoms with Crippen molar-refractivity contribution >= 4 is 29.3 Å². The molecule has 3 aromatic rings. The van der Waals surface area contributed by atoms with Crippen molar-refractivity contribution in [2.45, 2.75) is 6.92 Å². The first-order valence-corrected chi connectivity index (χ1v) is 9.16. The number of allylic oxidation sites excluding steroid dienone is 1. The number of nitrogens with zero attached hydrogens (tertiary/aromatic N) is 1. The SMILES string of the molecule is CC(=O)Nc1ccc(C(=O)N/N=C(\C=C/c2ccccc2)c2ccccc2)cc1. The number of carbonyl (C=O) groups excluding carboxylic acids is 2. The van der Waals surface area contributed by atoms with Crippen LogP contribution in [0.2, 0.25) is 0 Å². The smallest absolute Gasteiger partial charge is 0.271 e. The van der Waals surface area contributed by atoms with Crippen molar-refractivity contribution in [2.75, 3.05) is 5.32 Å². The van der Waals surface area contributed by atoms with Crippen LogP contribution in [0.5, 0.6) is 0 Å². The van der Waals surface area contributed by atoms with Crippen LogP contribution in [-0.2, 0) is 4.79 Å². The minimum Gasteiger partial charge on any atom is -0.326 e. The van der Waals surface area contributed by atoms with Crippen LogP contribution in [0.3, 0.4) is 0 Å². The summed E-state index contributed by atoms with van der Waals surface area (Å²) in [5.41, 5.74) is 6.25. The number of anilines is 1. The molecule has 0 aliphatic carbocycles. The van der Waals surface area contributed by atoms with E-state index in [2.05, 4.69) is 15.8 Å². The van der Waals surface area contributed by atoms with Crippen molar-refractivity contribution in [1.82, 2.24) is 5.43 Å². The van der Waals surface area contributed by atoms with Gasteiger partial charge >= 0.3 is 0 Å². The first-order valence-electron chi connectivity index (χ1n) is 9.16. The van der Waals surface area contributed by atoms with Gasteiger partial charge in [0.15, 0.2) is 0 Å². The Morgan fingerprint density at radius 3 is 2.03 bits per heavy atom. The highest BCUT2D eigenvalue weighted by atomic mass is 16.2. The van der Waals surface area contributed by atoms with Gasteiger partial charge < -0.3 is 5.32 Å². The summed E-state index contributed by atoms with van der Waals surface area (Å²) in [6.07, 6.45) is 3.81. The highest BCUT2D eigenvalue weighted by Gasteiger charge is 2.06. The lowest BCUT2D eigenvalue weighted by Crippen LogP contribution is -2.19. The molecular formula is C24H21N3O2. The lowest BCUT2D eigenvalue weighted by Gasteiger charge is -2.06. The number of benzene rings is 3. The van der Waals surface area contributed by atoms with E-state index in [1.807, 2.05) is 72.8 Å². The topological polar surface area (TPSA) is 70.6 Å². The second-order valence-electron chi connectivity index (χ2n) is 6.31. The fourth-order valence-corrected chi connectivity index (χ4v) is 2.63. The molecule has 5 nitrogen and oxygen atoms in total. The number of hydrazone groups is 1. The minimum atomic E-state index is -0.332. The summed E-state index contributed by atoms with van der Waals surface area (Å²) in [6.45, 7) is 1.43. The molecule has 3 aromatic carbocycles. The quantitative estimate of drug-likeness (QED) is 0.486. The molecule has 0 bridgehead atoms. The molecule has 0 atom stereocenters. The van der Waals surface area contributed by atoms with Gasteiger partial charge in [-0.05, 0) is 35.9 Å². The maximum absolute atomic E-state index is 12.5. The minimum absolute atomic E-state index is 0.162. The second-order valence-corrected chi connectivity index (χ2v) is 6.31. The summed E-state index contributed by atoms with van der Waals surface area (Å²) in [5, 5.41) is 6.98. The Hall–Kier alpha value is -3.99. The Bertz CT molecular complexity index is 1020. The number of rotatable bonds is 6. The third kappa shape index (κ3) is 6.01. The lowest BCUT2D eigenvalue weighted by atomic mass is 10.1. The largest absolute Gasteiger partial charge is 0.326 e. The van der Waals surface area contributed by atoms with Crippen LogP contribution in [0.15, 0.2) is 96.1 Å². The molecule has 0 aliphatic rings. The number of amides is 2. The predicted molar refractivity (Wildman–Crippen MR) is 117 cm³/mol. The third-order valence-electron chi connectivity index (χ3n) is 4.05. The molecule has 5 heteroatoms. The molecule has 0 heterocycles. The van der Waals surface area contributed by atoms with Crippen LogP contribution in [-0.4, -0.2) is 17.5 Å². The van der Waals surface area contributed by atoms with Gasteiger partial charge in [-0.1, -0.05) is 66.7 Å².